The lowest BCUT2D eigenvalue weighted by molar-refractivity contribution is -0.129. The molecule has 0 radical (unpaired) electrons. The van der Waals surface area contributed by atoms with Gasteiger partial charge in [-0.3, -0.25) is 18.6 Å². The minimum absolute atomic E-state index is 0.0860. The fraction of sp³-hybridized carbons (Fsp3) is 0.455. The van der Waals surface area contributed by atoms with E-state index in [0.29, 0.717) is 34.7 Å². The van der Waals surface area contributed by atoms with Crippen molar-refractivity contribution in [1.82, 2.24) is 24.1 Å². The number of thioether (sulfide) groups is 1. The Hall–Kier alpha value is -2.61. The number of carbonyl (C=O) groups excluding carboxylic acids is 1. The fourth-order valence-electron chi connectivity index (χ4n) is 3.50. The van der Waals surface area contributed by atoms with E-state index < -0.39 is 0 Å². The normalized spacial score (nSPS) is 11.7. The maximum atomic E-state index is 12.9. The van der Waals surface area contributed by atoms with Crippen molar-refractivity contribution in [3.05, 3.63) is 47.3 Å². The molecule has 1 amide bonds. The average Bonchev–Trinajstić information content (AvgIpc) is 3.12. The van der Waals surface area contributed by atoms with Crippen molar-refractivity contribution in [2.75, 3.05) is 18.8 Å². The summed E-state index contributed by atoms with van der Waals surface area (Å²) in [5, 5.41) is 9.73. The van der Waals surface area contributed by atoms with Gasteiger partial charge in [0.25, 0.3) is 5.56 Å². The minimum atomic E-state index is -0.127. The number of fused-ring (bicyclic) bond motifs is 3. The molecule has 3 aromatic rings. The van der Waals surface area contributed by atoms with Crippen molar-refractivity contribution in [1.29, 1.82) is 0 Å². The highest BCUT2D eigenvalue weighted by Crippen LogP contribution is 2.22. The van der Waals surface area contributed by atoms with Gasteiger partial charge >= 0.3 is 0 Å². The van der Waals surface area contributed by atoms with Gasteiger partial charge in [0.05, 0.1) is 16.7 Å². The molecule has 0 aliphatic carbocycles. The highest BCUT2D eigenvalue weighted by Gasteiger charge is 2.20. The van der Waals surface area contributed by atoms with Crippen LogP contribution >= 0.6 is 11.8 Å². The zero-order chi connectivity index (χ0) is 21.8. The number of nitrogens with zero attached hydrogens (tertiary/aromatic N) is 5. The zero-order valence-corrected chi connectivity index (χ0v) is 18.9. The predicted molar refractivity (Wildman–Crippen MR) is 122 cm³/mol. The maximum absolute atomic E-state index is 12.9. The standard InChI is InChI=1S/C22H29N5O2S/c1-6-11-26-20(29)17-9-7-8-10-18(17)27-21(26)23-24-22(27)30-14-19(28)25(12-15(2)3)13-16(4)5/h6-10,15-16H,1,11-14H2,2-5H3. The fourth-order valence-corrected chi connectivity index (χ4v) is 4.34. The van der Waals surface area contributed by atoms with Crippen LogP contribution < -0.4 is 5.56 Å². The quantitative estimate of drug-likeness (QED) is 0.386. The molecule has 0 saturated heterocycles. The van der Waals surface area contributed by atoms with Crippen LogP contribution in [0.5, 0.6) is 0 Å². The Bertz CT molecular complexity index is 1110. The molecule has 7 nitrogen and oxygen atoms in total. The van der Waals surface area contributed by atoms with E-state index in [1.165, 1.54) is 11.8 Å². The second kappa shape index (κ2) is 9.47. The summed E-state index contributed by atoms with van der Waals surface area (Å²) in [6.45, 7) is 14.0. The molecule has 1 aromatic carbocycles. The van der Waals surface area contributed by atoms with E-state index in [0.717, 1.165) is 18.6 Å². The lowest BCUT2D eigenvalue weighted by atomic mass is 10.1. The molecule has 30 heavy (non-hydrogen) atoms. The van der Waals surface area contributed by atoms with Crippen molar-refractivity contribution in [3.63, 3.8) is 0 Å². The van der Waals surface area contributed by atoms with Crippen LogP contribution in [0.4, 0.5) is 0 Å². The van der Waals surface area contributed by atoms with Gasteiger partial charge in [-0.2, -0.15) is 0 Å². The summed E-state index contributed by atoms with van der Waals surface area (Å²) in [5.41, 5.74) is 0.608. The molecule has 0 atom stereocenters. The summed E-state index contributed by atoms with van der Waals surface area (Å²) >= 11 is 1.35. The molecule has 0 N–H and O–H groups in total. The van der Waals surface area contributed by atoms with Crippen molar-refractivity contribution in [3.8, 4) is 0 Å². The first-order chi connectivity index (χ1) is 14.3. The lowest BCUT2D eigenvalue weighted by Crippen LogP contribution is -2.38. The third-order valence-corrected chi connectivity index (χ3v) is 5.55. The third-order valence-electron chi connectivity index (χ3n) is 4.64. The first-order valence-electron chi connectivity index (χ1n) is 10.2. The summed E-state index contributed by atoms with van der Waals surface area (Å²) in [6, 6.07) is 7.39. The number of allylic oxidation sites excluding steroid dienone is 1. The number of amides is 1. The van der Waals surface area contributed by atoms with Gasteiger partial charge in [-0.05, 0) is 24.0 Å². The molecule has 2 aromatic heterocycles. The number of carbonyl (C=O) groups is 1. The molecule has 0 fully saturated rings. The van der Waals surface area contributed by atoms with Crippen LogP contribution in [0.3, 0.4) is 0 Å². The Morgan fingerprint density at radius 3 is 2.47 bits per heavy atom. The number of hydrogen-bond acceptors (Lipinski definition) is 5. The molecule has 0 aliphatic heterocycles. The molecule has 0 saturated carbocycles. The molecule has 160 valence electrons. The van der Waals surface area contributed by atoms with Gasteiger partial charge in [0.15, 0.2) is 5.16 Å². The molecule has 2 heterocycles. The molecule has 8 heteroatoms. The number of para-hydroxylation sites is 1. The topological polar surface area (TPSA) is 72.5 Å². The maximum Gasteiger partial charge on any atom is 0.263 e. The largest absolute Gasteiger partial charge is 0.341 e. The highest BCUT2D eigenvalue weighted by atomic mass is 32.2. The summed E-state index contributed by atoms with van der Waals surface area (Å²) < 4.78 is 3.41. The van der Waals surface area contributed by atoms with Crippen LogP contribution in [0.1, 0.15) is 27.7 Å². The molecule has 3 rings (SSSR count). The predicted octanol–water partition coefficient (Wildman–Crippen LogP) is 3.46. The van der Waals surface area contributed by atoms with Crippen LogP contribution in [-0.4, -0.2) is 48.8 Å². The van der Waals surface area contributed by atoms with E-state index in [2.05, 4.69) is 44.5 Å². The van der Waals surface area contributed by atoms with Gasteiger partial charge in [0.2, 0.25) is 11.7 Å². The lowest BCUT2D eigenvalue weighted by Gasteiger charge is -2.26. The third kappa shape index (κ3) is 4.59. The van der Waals surface area contributed by atoms with E-state index in [-0.39, 0.29) is 17.2 Å². The van der Waals surface area contributed by atoms with Gasteiger partial charge in [0, 0.05) is 19.6 Å². The SMILES string of the molecule is C=CCn1c(=O)c2ccccc2n2c(SCC(=O)N(CC(C)C)CC(C)C)nnc12. The van der Waals surface area contributed by atoms with E-state index in [1.54, 1.807) is 16.7 Å². The number of benzene rings is 1. The van der Waals surface area contributed by atoms with Gasteiger partial charge in [0.1, 0.15) is 0 Å². The minimum Gasteiger partial charge on any atom is -0.341 e. The Morgan fingerprint density at radius 1 is 1.17 bits per heavy atom. The summed E-state index contributed by atoms with van der Waals surface area (Å²) in [6.07, 6.45) is 1.66. The number of hydrogen-bond donors (Lipinski definition) is 0. The first-order valence-corrected chi connectivity index (χ1v) is 11.2. The van der Waals surface area contributed by atoms with Crippen LogP contribution in [0, 0.1) is 11.8 Å². The van der Waals surface area contributed by atoms with Gasteiger partial charge in [-0.1, -0.05) is 57.7 Å². The van der Waals surface area contributed by atoms with E-state index in [9.17, 15) is 9.59 Å². The zero-order valence-electron chi connectivity index (χ0n) is 18.0. The summed E-state index contributed by atoms with van der Waals surface area (Å²) in [5.74, 6) is 1.63. The Balaban J connectivity index is 1.96. The monoisotopic (exact) mass is 427 g/mol. The Labute approximate surface area is 180 Å². The second-order valence-electron chi connectivity index (χ2n) is 8.21. The van der Waals surface area contributed by atoms with Crippen molar-refractivity contribution < 1.29 is 4.79 Å². The van der Waals surface area contributed by atoms with E-state index >= 15 is 0 Å². The summed E-state index contributed by atoms with van der Waals surface area (Å²) in [7, 11) is 0. The van der Waals surface area contributed by atoms with Gasteiger partial charge in [-0.25, -0.2) is 0 Å². The van der Waals surface area contributed by atoms with Crippen LogP contribution in [0.15, 0.2) is 46.9 Å². The van der Waals surface area contributed by atoms with Crippen molar-refractivity contribution in [2.45, 2.75) is 39.4 Å². The van der Waals surface area contributed by atoms with Crippen molar-refractivity contribution in [2.24, 2.45) is 11.8 Å². The molecule has 0 aliphatic rings. The molecule has 0 spiro atoms. The molecular formula is C22H29N5O2S. The van der Waals surface area contributed by atoms with Crippen LogP contribution in [-0.2, 0) is 11.3 Å². The van der Waals surface area contributed by atoms with E-state index in [1.807, 2.05) is 27.5 Å². The Kier molecular flexibility index (Phi) is 6.97. The average molecular weight is 428 g/mol. The summed E-state index contributed by atoms with van der Waals surface area (Å²) in [4.78, 5) is 27.7. The number of rotatable bonds is 9. The highest BCUT2D eigenvalue weighted by molar-refractivity contribution is 7.99. The smallest absolute Gasteiger partial charge is 0.263 e. The van der Waals surface area contributed by atoms with Gasteiger partial charge < -0.3 is 4.90 Å². The second-order valence-corrected chi connectivity index (χ2v) is 9.16. The van der Waals surface area contributed by atoms with Crippen molar-refractivity contribution >= 4 is 34.3 Å². The Morgan fingerprint density at radius 2 is 1.83 bits per heavy atom. The van der Waals surface area contributed by atoms with Gasteiger partial charge in [-0.15, -0.1) is 16.8 Å². The van der Waals surface area contributed by atoms with Crippen LogP contribution in [0.2, 0.25) is 0 Å². The molecular weight excluding hydrogens is 398 g/mol. The molecule has 0 unspecified atom stereocenters. The first kappa shape index (κ1) is 22.1. The molecule has 0 bridgehead atoms. The van der Waals surface area contributed by atoms with Crippen LogP contribution in [0.25, 0.3) is 16.7 Å². The number of aromatic nitrogens is 4. The van der Waals surface area contributed by atoms with E-state index in [4.69, 9.17) is 0 Å².